The van der Waals surface area contributed by atoms with Crippen molar-refractivity contribution in [3.63, 3.8) is 0 Å². The van der Waals surface area contributed by atoms with Crippen LogP contribution in [0.5, 0.6) is 0 Å². The van der Waals surface area contributed by atoms with Gasteiger partial charge in [-0.05, 0) is 44.9 Å². The van der Waals surface area contributed by atoms with Crippen LogP contribution in [0.15, 0.2) is 0 Å². The van der Waals surface area contributed by atoms with Crippen LogP contribution in [0.2, 0.25) is 0 Å². The maximum Gasteiger partial charge on any atom is 0.641 e. The van der Waals surface area contributed by atoms with Crippen LogP contribution in [0.1, 0.15) is 124 Å². The van der Waals surface area contributed by atoms with Crippen molar-refractivity contribution in [2.75, 3.05) is 0 Å². The van der Waals surface area contributed by atoms with Crippen LogP contribution in [0, 0.1) is 0 Å². The predicted molar refractivity (Wildman–Crippen MR) is 143 cm³/mol. The highest BCUT2D eigenvalue weighted by Crippen LogP contribution is 2.36. The minimum atomic E-state index is -0.616. The van der Waals surface area contributed by atoms with Gasteiger partial charge in [-0.15, -0.1) is 36.2 Å². The van der Waals surface area contributed by atoms with E-state index >= 15 is 0 Å². The Hall–Kier alpha value is 0.995. The van der Waals surface area contributed by atoms with Crippen molar-refractivity contribution in [1.29, 1.82) is 0 Å². The molecule has 0 aromatic rings. The second-order valence-electron chi connectivity index (χ2n) is 9.17. The highest BCUT2D eigenvalue weighted by atomic mass is 32.2. The molecule has 0 amide bonds. The fourth-order valence-electron chi connectivity index (χ4n) is 4.43. The molecule has 31 heavy (non-hydrogen) atoms. The molecular formula is C24H47BO3S3. The van der Waals surface area contributed by atoms with E-state index in [1.165, 1.54) is 64.2 Å². The Morgan fingerprint density at radius 3 is 1.48 bits per heavy atom. The summed E-state index contributed by atoms with van der Waals surface area (Å²) < 4.78 is 19.3. The van der Waals surface area contributed by atoms with E-state index in [1.54, 1.807) is 0 Å². The average Bonchev–Trinajstić information content (AvgIpc) is 2.75. The van der Waals surface area contributed by atoms with Gasteiger partial charge in [0.05, 0.1) is 16.3 Å². The third kappa shape index (κ3) is 12.3. The minimum absolute atomic E-state index is 0.140. The minimum Gasteiger partial charge on any atom is -0.374 e. The van der Waals surface area contributed by atoms with Crippen molar-refractivity contribution in [3.8, 4) is 0 Å². The summed E-state index contributed by atoms with van der Waals surface area (Å²) >= 11 is 8.71. The van der Waals surface area contributed by atoms with Crippen molar-refractivity contribution in [2.45, 2.75) is 150 Å². The topological polar surface area (TPSA) is 27.7 Å². The zero-order valence-corrected chi connectivity index (χ0v) is 22.8. The monoisotopic (exact) mass is 490 g/mol. The lowest BCUT2D eigenvalue weighted by molar-refractivity contribution is 0.0631. The van der Waals surface area contributed by atoms with E-state index in [0.717, 1.165) is 49.0 Å². The average molecular weight is 491 g/mol. The second kappa shape index (κ2) is 17.4. The Balaban J connectivity index is 1.98. The first-order chi connectivity index (χ1) is 15.1. The molecule has 0 aromatic carbocycles. The van der Waals surface area contributed by atoms with E-state index in [2.05, 4.69) is 33.4 Å². The molecule has 3 atom stereocenters. The fraction of sp³-hybridized carbons (Fsp3) is 1.00. The number of hydrogen-bond donors (Lipinski definition) is 1. The maximum atomic E-state index is 6.53. The van der Waals surface area contributed by atoms with Crippen molar-refractivity contribution in [2.24, 2.45) is 0 Å². The molecule has 0 bridgehead atoms. The highest BCUT2D eigenvalue weighted by Gasteiger charge is 2.34. The van der Waals surface area contributed by atoms with Gasteiger partial charge in [0.2, 0.25) is 0 Å². The smallest absolute Gasteiger partial charge is 0.374 e. The molecule has 2 fully saturated rings. The Morgan fingerprint density at radius 1 is 0.677 bits per heavy atom. The van der Waals surface area contributed by atoms with Crippen LogP contribution in [0.4, 0.5) is 0 Å². The van der Waals surface area contributed by atoms with Crippen LogP contribution in [-0.2, 0) is 14.0 Å². The Kier molecular flexibility index (Phi) is 15.9. The largest absolute Gasteiger partial charge is 0.641 e. The van der Waals surface area contributed by atoms with E-state index in [1.807, 2.05) is 23.5 Å². The lowest BCUT2D eigenvalue weighted by Crippen LogP contribution is -2.37. The first kappa shape index (κ1) is 28.2. The van der Waals surface area contributed by atoms with Gasteiger partial charge in [0.1, 0.15) is 0 Å². The van der Waals surface area contributed by atoms with Crippen LogP contribution >= 0.6 is 36.2 Å². The molecule has 0 heterocycles. The Bertz CT molecular complexity index is 402. The highest BCUT2D eigenvalue weighted by molar-refractivity contribution is 8.00. The molecule has 0 radical (unpaired) electrons. The molecule has 7 heteroatoms. The second-order valence-corrected chi connectivity index (χ2v) is 12.7. The molecule has 2 rings (SSSR count). The van der Waals surface area contributed by atoms with E-state index in [-0.39, 0.29) is 16.3 Å². The summed E-state index contributed by atoms with van der Waals surface area (Å²) in [5, 5.41) is 1.44. The normalized spacial score (nSPS) is 21.7. The number of hydrogen-bond acceptors (Lipinski definition) is 6. The van der Waals surface area contributed by atoms with Gasteiger partial charge in [-0.25, -0.2) is 0 Å². The molecule has 0 aliphatic heterocycles. The molecule has 0 saturated heterocycles. The van der Waals surface area contributed by atoms with E-state index < -0.39 is 7.32 Å². The van der Waals surface area contributed by atoms with Gasteiger partial charge in [-0.2, -0.15) is 0 Å². The van der Waals surface area contributed by atoms with E-state index in [0.29, 0.717) is 0 Å². The number of thioether (sulfide) groups is 2. The van der Waals surface area contributed by atoms with Crippen LogP contribution in [0.25, 0.3) is 0 Å². The van der Waals surface area contributed by atoms with Gasteiger partial charge in [-0.3, -0.25) is 0 Å². The number of rotatable bonds is 16. The summed E-state index contributed by atoms with van der Waals surface area (Å²) in [6.45, 7) is 6.65. The number of thiol groups is 1. The van der Waals surface area contributed by atoms with Gasteiger partial charge in [0, 0.05) is 10.5 Å². The lowest BCUT2D eigenvalue weighted by Gasteiger charge is -2.31. The zero-order valence-electron chi connectivity index (χ0n) is 20.3. The van der Waals surface area contributed by atoms with Crippen LogP contribution < -0.4 is 0 Å². The quantitative estimate of drug-likeness (QED) is 0.133. The fourth-order valence-corrected chi connectivity index (χ4v) is 7.91. The van der Waals surface area contributed by atoms with Crippen molar-refractivity contribution in [3.05, 3.63) is 0 Å². The molecule has 2 aliphatic carbocycles. The van der Waals surface area contributed by atoms with Crippen molar-refractivity contribution >= 4 is 43.5 Å². The summed E-state index contributed by atoms with van der Waals surface area (Å²) in [6.07, 6.45) is 19.8. The van der Waals surface area contributed by atoms with Crippen LogP contribution in [-0.4, -0.2) is 34.1 Å². The van der Waals surface area contributed by atoms with Crippen LogP contribution in [0.3, 0.4) is 0 Å². The van der Waals surface area contributed by atoms with Gasteiger partial charge in [0.25, 0.3) is 0 Å². The zero-order chi connectivity index (χ0) is 22.3. The van der Waals surface area contributed by atoms with Gasteiger partial charge < -0.3 is 14.0 Å². The molecule has 0 spiro atoms. The van der Waals surface area contributed by atoms with Gasteiger partial charge in [0.15, 0.2) is 0 Å². The lowest BCUT2D eigenvalue weighted by atomic mass is 10.0. The first-order valence-corrected chi connectivity index (χ1v) is 15.5. The van der Waals surface area contributed by atoms with Gasteiger partial charge >= 0.3 is 7.32 Å². The third-order valence-corrected chi connectivity index (χ3v) is 9.56. The first-order valence-electron chi connectivity index (χ1n) is 13.1. The van der Waals surface area contributed by atoms with Crippen molar-refractivity contribution < 1.29 is 14.0 Å². The molecule has 3 unspecified atom stereocenters. The summed E-state index contributed by atoms with van der Waals surface area (Å²) in [4.78, 5) is 0. The molecule has 0 N–H and O–H groups in total. The molecule has 0 aromatic heterocycles. The van der Waals surface area contributed by atoms with Crippen molar-refractivity contribution in [1.82, 2.24) is 0 Å². The summed E-state index contributed by atoms with van der Waals surface area (Å²) in [6, 6.07) is 0. The third-order valence-electron chi connectivity index (χ3n) is 6.17. The Labute approximate surface area is 207 Å². The van der Waals surface area contributed by atoms with Gasteiger partial charge in [-0.1, -0.05) is 78.6 Å². The molecule has 182 valence electrons. The Morgan fingerprint density at radius 2 is 1.10 bits per heavy atom. The molecule has 3 nitrogen and oxygen atoms in total. The molecule has 2 aliphatic rings. The standard InChI is InChI=1S/C24H47BO3S3/c1-4-13-22(29)26-25(27-23(14-5-2)30-20-16-9-7-10-17-20)28-24(15-6-3)31-21-18-11-8-12-19-21/h20-24,29H,4-19H2,1-3H3. The van der Waals surface area contributed by atoms with E-state index in [9.17, 15) is 0 Å². The molecule has 2 saturated carbocycles. The molecular weight excluding hydrogens is 443 g/mol. The summed E-state index contributed by atoms with van der Waals surface area (Å²) in [5.41, 5.74) is 0.142. The van der Waals surface area contributed by atoms with E-state index in [4.69, 9.17) is 14.0 Å². The SMILES string of the molecule is CCCC(S)OB(OC(CCC)SC1CCCCC1)OC(CCC)SC1CCCCC1. The maximum absolute atomic E-state index is 6.53. The predicted octanol–water partition coefficient (Wildman–Crippen LogP) is 8.46. The summed E-state index contributed by atoms with van der Waals surface area (Å²) in [7, 11) is -0.616. The summed E-state index contributed by atoms with van der Waals surface area (Å²) in [5.74, 6) is 0.